The molecule has 0 bridgehead atoms. The maximum atomic E-state index is 12.0. The Kier molecular flexibility index (Phi) is 6.36. The molecule has 0 saturated heterocycles. The third-order valence-corrected chi connectivity index (χ3v) is 2.05. The highest BCUT2D eigenvalue weighted by atomic mass is 19.4. The fourth-order valence-corrected chi connectivity index (χ4v) is 1.11. The topological polar surface area (TPSA) is 26.3 Å². The molecule has 0 aliphatic rings. The lowest BCUT2D eigenvalue weighted by Gasteiger charge is -2.15. The number of esters is 1. The Balaban J connectivity index is 4.00. The molecule has 0 aromatic carbocycles. The summed E-state index contributed by atoms with van der Waals surface area (Å²) in [6.45, 7) is 3.68. The molecule has 0 aromatic heterocycles. The Morgan fingerprint density at radius 1 is 1.33 bits per heavy atom. The summed E-state index contributed by atoms with van der Waals surface area (Å²) >= 11 is 0. The second-order valence-corrected chi connectivity index (χ2v) is 3.45. The molecule has 0 radical (unpaired) electrons. The summed E-state index contributed by atoms with van der Waals surface area (Å²) in [5.74, 6) is -1.79. The third kappa shape index (κ3) is 7.22. The molecule has 0 amide bonds. The van der Waals surface area contributed by atoms with E-state index in [4.69, 9.17) is 4.74 Å². The molecule has 0 aromatic rings. The van der Waals surface area contributed by atoms with Crippen molar-refractivity contribution in [2.24, 2.45) is 5.92 Å². The molecule has 0 rings (SSSR count). The average Bonchev–Trinajstić information content (AvgIpc) is 2.13. The van der Waals surface area contributed by atoms with Gasteiger partial charge in [-0.15, -0.1) is 0 Å². The Hall–Kier alpha value is -0.740. The van der Waals surface area contributed by atoms with Crippen LogP contribution in [0.4, 0.5) is 13.2 Å². The number of carbonyl (C=O) groups is 1. The molecule has 0 heterocycles. The van der Waals surface area contributed by atoms with Crippen molar-refractivity contribution in [3.8, 4) is 0 Å². The zero-order chi connectivity index (χ0) is 11.9. The molecule has 0 saturated carbocycles. The van der Waals surface area contributed by atoms with E-state index in [9.17, 15) is 18.0 Å². The highest BCUT2D eigenvalue weighted by molar-refractivity contribution is 5.72. The minimum absolute atomic E-state index is 0.157. The zero-order valence-corrected chi connectivity index (χ0v) is 9.06. The first kappa shape index (κ1) is 14.3. The Morgan fingerprint density at radius 2 is 1.93 bits per heavy atom. The van der Waals surface area contributed by atoms with Crippen molar-refractivity contribution in [2.75, 3.05) is 6.61 Å². The molecule has 1 unspecified atom stereocenters. The van der Waals surface area contributed by atoms with Gasteiger partial charge in [-0.2, -0.15) is 13.2 Å². The van der Waals surface area contributed by atoms with E-state index in [0.717, 1.165) is 6.42 Å². The van der Waals surface area contributed by atoms with E-state index in [1.165, 1.54) is 0 Å². The van der Waals surface area contributed by atoms with Crippen molar-refractivity contribution in [3.63, 3.8) is 0 Å². The van der Waals surface area contributed by atoms with Crippen molar-refractivity contribution < 1.29 is 22.7 Å². The van der Waals surface area contributed by atoms with Gasteiger partial charge in [-0.3, -0.25) is 4.79 Å². The molecular weight excluding hydrogens is 209 g/mol. The number of unbranched alkanes of at least 4 members (excludes halogenated alkanes) is 1. The maximum Gasteiger partial charge on any atom is 0.389 e. The molecule has 0 fully saturated rings. The summed E-state index contributed by atoms with van der Waals surface area (Å²) < 4.78 is 40.8. The van der Waals surface area contributed by atoms with Crippen LogP contribution in [0.25, 0.3) is 0 Å². The first-order valence-corrected chi connectivity index (χ1v) is 5.14. The van der Waals surface area contributed by atoms with Crippen LogP contribution in [-0.4, -0.2) is 18.8 Å². The number of alkyl halides is 3. The van der Waals surface area contributed by atoms with Crippen molar-refractivity contribution in [1.29, 1.82) is 0 Å². The largest absolute Gasteiger partial charge is 0.465 e. The average molecular weight is 226 g/mol. The monoisotopic (exact) mass is 226 g/mol. The molecule has 0 aliphatic carbocycles. The van der Waals surface area contributed by atoms with Gasteiger partial charge < -0.3 is 4.74 Å². The van der Waals surface area contributed by atoms with Crippen LogP contribution in [0.2, 0.25) is 0 Å². The first-order valence-electron chi connectivity index (χ1n) is 5.14. The normalized spacial score (nSPS) is 13.7. The van der Waals surface area contributed by atoms with Gasteiger partial charge in [-0.05, 0) is 12.8 Å². The highest BCUT2D eigenvalue weighted by Crippen LogP contribution is 2.27. The predicted octanol–water partition coefficient (Wildman–Crippen LogP) is 3.31. The van der Waals surface area contributed by atoms with E-state index in [1.54, 1.807) is 6.92 Å². The molecule has 2 nitrogen and oxygen atoms in total. The van der Waals surface area contributed by atoms with E-state index in [2.05, 4.69) is 0 Å². The lowest BCUT2D eigenvalue weighted by atomic mass is 10.0. The number of halogens is 3. The van der Waals surface area contributed by atoms with Crippen LogP contribution in [0.3, 0.4) is 0 Å². The number of carbonyl (C=O) groups excluding carboxylic acids is 1. The second-order valence-electron chi connectivity index (χ2n) is 3.45. The number of ether oxygens (including phenoxy) is 1. The fraction of sp³-hybridized carbons (Fsp3) is 0.900. The number of hydrogen-bond acceptors (Lipinski definition) is 2. The molecule has 1 atom stereocenters. The van der Waals surface area contributed by atoms with Crippen LogP contribution in [0.15, 0.2) is 0 Å². The molecule has 0 N–H and O–H groups in total. The van der Waals surface area contributed by atoms with Gasteiger partial charge in [-0.25, -0.2) is 0 Å². The van der Waals surface area contributed by atoms with Crippen LogP contribution in [0.1, 0.15) is 39.5 Å². The SMILES string of the molecule is CCCCOC(=O)C(CC)CC(F)(F)F. The van der Waals surface area contributed by atoms with Crippen LogP contribution in [0, 0.1) is 5.92 Å². The minimum Gasteiger partial charge on any atom is -0.465 e. The molecular formula is C10H17F3O2. The molecule has 0 spiro atoms. The van der Waals surface area contributed by atoms with E-state index < -0.39 is 24.5 Å². The molecule has 5 heteroatoms. The third-order valence-electron chi connectivity index (χ3n) is 2.05. The molecule has 0 aliphatic heterocycles. The second kappa shape index (κ2) is 6.69. The van der Waals surface area contributed by atoms with E-state index in [1.807, 2.05) is 6.92 Å². The number of hydrogen-bond donors (Lipinski definition) is 0. The van der Waals surface area contributed by atoms with E-state index >= 15 is 0 Å². The lowest BCUT2D eigenvalue weighted by molar-refractivity contribution is -0.168. The van der Waals surface area contributed by atoms with Crippen molar-refractivity contribution >= 4 is 5.97 Å². The standard InChI is InChI=1S/C10H17F3O2/c1-3-5-6-15-9(14)8(4-2)7-10(11,12)13/h8H,3-7H2,1-2H3. The van der Waals surface area contributed by atoms with Crippen molar-refractivity contribution in [1.82, 2.24) is 0 Å². The van der Waals surface area contributed by atoms with Gasteiger partial charge >= 0.3 is 12.1 Å². The summed E-state index contributed by atoms with van der Waals surface area (Å²) in [7, 11) is 0. The summed E-state index contributed by atoms with van der Waals surface area (Å²) in [5.41, 5.74) is 0. The minimum atomic E-state index is -4.30. The Labute approximate surface area is 87.8 Å². The zero-order valence-electron chi connectivity index (χ0n) is 9.06. The van der Waals surface area contributed by atoms with Crippen molar-refractivity contribution in [2.45, 2.75) is 45.7 Å². The summed E-state index contributed by atoms with van der Waals surface area (Å²) in [4.78, 5) is 11.2. The van der Waals surface area contributed by atoms with Gasteiger partial charge in [-0.1, -0.05) is 20.3 Å². The van der Waals surface area contributed by atoms with Crippen LogP contribution in [0.5, 0.6) is 0 Å². The smallest absolute Gasteiger partial charge is 0.389 e. The maximum absolute atomic E-state index is 12.0. The van der Waals surface area contributed by atoms with Gasteiger partial charge in [0.2, 0.25) is 0 Å². The fourth-order valence-electron chi connectivity index (χ4n) is 1.11. The quantitative estimate of drug-likeness (QED) is 0.513. The van der Waals surface area contributed by atoms with Gasteiger partial charge in [0.05, 0.1) is 18.9 Å². The van der Waals surface area contributed by atoms with E-state index in [-0.39, 0.29) is 13.0 Å². The van der Waals surface area contributed by atoms with Crippen molar-refractivity contribution in [3.05, 3.63) is 0 Å². The van der Waals surface area contributed by atoms with Gasteiger partial charge in [0, 0.05) is 0 Å². The molecule has 90 valence electrons. The Bertz CT molecular complexity index is 190. The molecule has 15 heavy (non-hydrogen) atoms. The highest BCUT2D eigenvalue weighted by Gasteiger charge is 2.35. The van der Waals surface area contributed by atoms with Gasteiger partial charge in [0.1, 0.15) is 0 Å². The van der Waals surface area contributed by atoms with Crippen LogP contribution >= 0.6 is 0 Å². The first-order chi connectivity index (χ1) is 6.90. The Morgan fingerprint density at radius 3 is 2.33 bits per heavy atom. The summed E-state index contributed by atoms with van der Waals surface area (Å²) in [6, 6.07) is 0. The number of rotatable bonds is 6. The van der Waals surface area contributed by atoms with Gasteiger partial charge in [0.25, 0.3) is 0 Å². The lowest BCUT2D eigenvalue weighted by Crippen LogP contribution is -2.24. The van der Waals surface area contributed by atoms with Gasteiger partial charge in [0.15, 0.2) is 0 Å². The van der Waals surface area contributed by atoms with Crippen LogP contribution in [-0.2, 0) is 9.53 Å². The summed E-state index contributed by atoms with van der Waals surface area (Å²) in [5, 5.41) is 0. The predicted molar refractivity (Wildman–Crippen MR) is 50.3 cm³/mol. The van der Waals surface area contributed by atoms with E-state index in [0.29, 0.717) is 6.42 Å². The summed E-state index contributed by atoms with van der Waals surface area (Å²) in [6.07, 6.45) is -3.69. The van der Waals surface area contributed by atoms with Crippen LogP contribution < -0.4 is 0 Å².